The van der Waals surface area contributed by atoms with Crippen LogP contribution in [0.3, 0.4) is 0 Å². The summed E-state index contributed by atoms with van der Waals surface area (Å²) >= 11 is 6.27. The molecule has 37 heteroatoms. The molecule has 0 atom stereocenters. The van der Waals surface area contributed by atoms with Crippen LogP contribution in [0.4, 0.5) is 4.79 Å². The molecule has 0 spiro atoms. The number of fused-ring (bicyclic) bond motifs is 2. The highest BCUT2D eigenvalue weighted by Crippen LogP contribution is 2.38. The molecule has 2 aromatic rings. The van der Waals surface area contributed by atoms with Crippen molar-refractivity contribution >= 4 is 101 Å². The van der Waals surface area contributed by atoms with Gasteiger partial charge in [-0.3, -0.25) is 68.9 Å². The zero-order valence-corrected chi connectivity index (χ0v) is 69.4. The maximum absolute atomic E-state index is 12.0. The topological polar surface area (TPSA) is 655 Å². The number of pyridine rings is 1. The van der Waals surface area contributed by atoms with Gasteiger partial charge in [0.2, 0.25) is 0 Å². The van der Waals surface area contributed by atoms with Crippen LogP contribution in [-0.4, -0.2) is 212 Å². The van der Waals surface area contributed by atoms with Crippen molar-refractivity contribution in [3.8, 4) is 0 Å². The van der Waals surface area contributed by atoms with E-state index < -0.39 is 53.7 Å². The summed E-state index contributed by atoms with van der Waals surface area (Å²) in [5.74, 6) is -6.94. The third-order valence-corrected chi connectivity index (χ3v) is 13.9. The molecule has 652 valence electrons. The fourth-order valence-corrected chi connectivity index (χ4v) is 9.67. The highest BCUT2D eigenvalue weighted by molar-refractivity contribution is 6.30. The number of aliphatic imine (C=N–C) groups is 2. The largest absolute Gasteiger partial charge is 0.481 e. The summed E-state index contributed by atoms with van der Waals surface area (Å²) < 4.78 is 5.15. The van der Waals surface area contributed by atoms with E-state index in [0.717, 1.165) is 177 Å². The van der Waals surface area contributed by atoms with Crippen molar-refractivity contribution in [3.63, 3.8) is 0 Å². The molecular weight excluding hydrogens is 1490 g/mol. The maximum Gasteiger partial charge on any atom is 0.409 e. The van der Waals surface area contributed by atoms with Crippen LogP contribution in [0.15, 0.2) is 52.1 Å². The van der Waals surface area contributed by atoms with E-state index in [1.807, 2.05) is 25.3 Å². The lowest BCUT2D eigenvalue weighted by Gasteiger charge is -2.29. The van der Waals surface area contributed by atoms with Gasteiger partial charge < -0.3 is 111 Å². The van der Waals surface area contributed by atoms with E-state index in [2.05, 4.69) is 49.5 Å². The molecule has 2 heterocycles. The first-order chi connectivity index (χ1) is 53.0. The van der Waals surface area contributed by atoms with Gasteiger partial charge in [0, 0.05) is 118 Å². The molecule has 36 nitrogen and oxygen atoms in total. The number of nitrogens with zero attached hydrogens (tertiary/aromatic N) is 4. The average Bonchev–Trinajstić information content (AvgIpc) is 1.63. The SMILES string of the molecule is CC(=O)O.CC(=O)O.CC(=O)O.CC(=O)O.CC(=O)O.CC(=O)O.CC(=O)O.CC(=O)O.CC(=O)O.CCOC(=O)N1CCC(=C2c3ccc(Cl)cc3CCc3cccnc32)CC1.N=C(N)NCCCCCCCCNCCCCCCCCN=C(N)N.N=C(N)NCCCCCCCCNCCCCCCCCN=C(N)N. The normalized spacial score (nSPS) is 10.6. The molecule has 0 unspecified atom stereocenters. The molecule has 1 fully saturated rings. The summed E-state index contributed by atoms with van der Waals surface area (Å²) in [7, 11) is 0. The van der Waals surface area contributed by atoms with Gasteiger partial charge in [0.1, 0.15) is 0 Å². The minimum Gasteiger partial charge on any atom is -0.481 e. The van der Waals surface area contributed by atoms with Crippen molar-refractivity contribution in [1.29, 1.82) is 10.8 Å². The van der Waals surface area contributed by atoms with E-state index >= 15 is 0 Å². The molecule has 0 saturated carbocycles. The number of carboxylic acid groups (broad SMARTS) is 9. The summed E-state index contributed by atoms with van der Waals surface area (Å²) in [4.78, 5) is 108. The lowest BCUT2D eigenvalue weighted by atomic mass is 9.88. The number of carbonyl (C=O) groups is 10. The number of unbranched alkanes of at least 4 members (excludes halogenated alkanes) is 20. The van der Waals surface area contributed by atoms with Crippen molar-refractivity contribution < 1.29 is 98.6 Å². The molecule has 1 aromatic carbocycles. The van der Waals surface area contributed by atoms with Crippen LogP contribution in [0.25, 0.3) is 5.57 Å². The van der Waals surface area contributed by atoms with Crippen LogP contribution >= 0.6 is 11.6 Å². The van der Waals surface area contributed by atoms with Crippen molar-refractivity contribution in [1.82, 2.24) is 31.2 Å². The Hall–Kier alpha value is -10.1. The predicted molar refractivity (Wildman–Crippen MR) is 444 cm³/mol. The van der Waals surface area contributed by atoms with Crippen LogP contribution in [0, 0.1) is 10.8 Å². The molecular formula is C76H141ClN16O20. The zero-order valence-electron chi connectivity index (χ0n) is 68.7. The lowest BCUT2D eigenvalue weighted by molar-refractivity contribution is -0.135. The monoisotopic (exact) mass is 1630 g/mol. The molecule has 4 rings (SSSR count). The molecule has 1 saturated heterocycles. The first-order valence-corrected chi connectivity index (χ1v) is 38.2. The molecule has 1 aromatic heterocycles. The quantitative estimate of drug-likeness (QED) is 0.0170. The van der Waals surface area contributed by atoms with E-state index in [9.17, 15) is 4.79 Å². The van der Waals surface area contributed by atoms with E-state index in [4.69, 9.17) is 156 Å². The smallest absolute Gasteiger partial charge is 0.409 e. The first kappa shape index (κ1) is 119. The van der Waals surface area contributed by atoms with Gasteiger partial charge in [-0.25, -0.2) is 4.79 Å². The van der Waals surface area contributed by atoms with Gasteiger partial charge >= 0.3 is 6.09 Å². The Balaban J connectivity index is -0.000000200. The Morgan fingerprint density at radius 3 is 1.01 bits per heavy atom. The summed E-state index contributed by atoms with van der Waals surface area (Å²) in [6, 6.07) is 10.3. The fourth-order valence-electron chi connectivity index (χ4n) is 9.47. The minimum atomic E-state index is -0.833. The number of amides is 1. The number of ether oxygens (including phenoxy) is 1. The van der Waals surface area contributed by atoms with Crippen molar-refractivity contribution in [2.45, 2.75) is 249 Å². The number of guanidine groups is 4. The van der Waals surface area contributed by atoms with Crippen LogP contribution in [0.1, 0.15) is 259 Å². The third kappa shape index (κ3) is 120. The summed E-state index contributed by atoms with van der Waals surface area (Å²) in [6.07, 6.45) is 35.2. The number of likely N-dealkylation sites (tertiary alicyclic amines) is 1. The lowest BCUT2D eigenvalue weighted by Crippen LogP contribution is -2.37. The van der Waals surface area contributed by atoms with Gasteiger partial charge in [-0.05, 0) is 145 Å². The Bertz CT molecular complexity index is 2680. The number of hydrogen-bond acceptors (Lipinski definition) is 18. The van der Waals surface area contributed by atoms with E-state index in [-0.39, 0.29) is 29.9 Å². The fraction of sp³-hybridized carbons (Fsp3) is 0.645. The second-order valence-electron chi connectivity index (χ2n) is 24.9. The molecule has 27 N–H and O–H groups in total. The van der Waals surface area contributed by atoms with Gasteiger partial charge in [0.25, 0.3) is 53.7 Å². The summed E-state index contributed by atoms with van der Waals surface area (Å²) in [6.45, 7) is 21.1. The Labute approximate surface area is 673 Å². The number of benzene rings is 1. The molecule has 1 aliphatic heterocycles. The number of carbonyl (C=O) groups excluding carboxylic acids is 1. The maximum atomic E-state index is 12.0. The van der Waals surface area contributed by atoms with Crippen LogP contribution in [0.5, 0.6) is 0 Å². The van der Waals surface area contributed by atoms with Crippen molar-refractivity contribution in [2.75, 3.05) is 72.1 Å². The molecule has 1 aliphatic carbocycles. The molecule has 0 radical (unpaired) electrons. The molecule has 1 amide bonds. The minimum absolute atomic E-state index is 0.0777. The zero-order chi connectivity index (χ0) is 88.2. The highest BCUT2D eigenvalue weighted by atomic mass is 35.5. The number of nitrogens with one attached hydrogen (secondary N) is 6. The van der Waals surface area contributed by atoms with Crippen LogP contribution in [-0.2, 0) is 60.7 Å². The van der Waals surface area contributed by atoms with Crippen molar-refractivity contribution in [2.24, 2.45) is 44.4 Å². The number of carboxylic acids is 9. The number of halogens is 1. The molecule has 0 bridgehead atoms. The Morgan fingerprint density at radius 1 is 0.434 bits per heavy atom. The highest BCUT2D eigenvalue weighted by Gasteiger charge is 2.27. The van der Waals surface area contributed by atoms with Gasteiger partial charge in [-0.2, -0.15) is 0 Å². The van der Waals surface area contributed by atoms with Gasteiger partial charge in [0.05, 0.1) is 12.3 Å². The number of nitrogens with two attached hydrogens (primary N) is 6. The second-order valence-corrected chi connectivity index (χ2v) is 25.4. The number of aryl methyl sites for hydroxylation is 2. The first-order valence-electron chi connectivity index (χ1n) is 37.8. The predicted octanol–water partition coefficient (Wildman–Crippen LogP) is 9.73. The number of piperidine rings is 1. The number of hydrogen-bond donors (Lipinski definition) is 21. The standard InChI is InChI=1S/C22H23ClN2O2.2C18H41N7.9C2H4O2/c1-2-27-22(26)25-12-9-15(10-13-25)20-19-8-7-18(23)14-17(19)6-5-16-4-3-11-24-21(16)20;2*19-17(20)24-15-11-7-3-1-5-9-13-23-14-10-6-2-4-8-12-16-25-18(21)22;9*1-2(3)4/h3-4,7-8,11,14H,2,5-6,9-10,12-13H2,1H3;2*23H,1-16H2,(H4,19,20,24)(H4,21,22,25);9*1H3,(H,3,4). The van der Waals surface area contributed by atoms with Crippen molar-refractivity contribution in [3.05, 3.63) is 69.5 Å². The third-order valence-electron chi connectivity index (χ3n) is 13.7. The van der Waals surface area contributed by atoms with Gasteiger partial charge in [0.15, 0.2) is 23.8 Å². The van der Waals surface area contributed by atoms with E-state index in [1.54, 1.807) is 4.90 Å². The van der Waals surface area contributed by atoms with Gasteiger partial charge in [-0.1, -0.05) is 132 Å². The molecule has 2 aliphatic rings. The Morgan fingerprint density at radius 2 is 0.717 bits per heavy atom. The number of aromatic nitrogens is 1. The number of aliphatic carboxylic acids is 9. The summed E-state index contributed by atoms with van der Waals surface area (Å²) in [5.41, 5.74) is 39.0. The van der Waals surface area contributed by atoms with Crippen LogP contribution in [0.2, 0.25) is 5.02 Å². The Kier molecular flexibility index (Phi) is 91.8. The van der Waals surface area contributed by atoms with E-state index in [1.165, 1.54) is 156 Å². The van der Waals surface area contributed by atoms with Crippen LogP contribution < -0.4 is 55.7 Å². The summed E-state index contributed by atoms with van der Waals surface area (Å²) in [5, 5.41) is 94.4. The van der Waals surface area contributed by atoms with Gasteiger partial charge in [-0.15, -0.1) is 0 Å². The average molecular weight is 1630 g/mol. The molecule has 113 heavy (non-hydrogen) atoms. The van der Waals surface area contributed by atoms with E-state index in [0.29, 0.717) is 19.7 Å². The number of rotatable bonds is 37. The second kappa shape index (κ2) is 87.5.